The van der Waals surface area contributed by atoms with Crippen molar-refractivity contribution in [2.45, 2.75) is 5.92 Å². The maximum Gasteiger partial charge on any atom is 0.144 e. The molecule has 122 valence electrons. The lowest BCUT2D eigenvalue weighted by molar-refractivity contribution is 0.757. The molecule has 4 rings (SSSR count). The van der Waals surface area contributed by atoms with Gasteiger partial charge in [-0.3, -0.25) is 0 Å². The Balaban J connectivity index is 2.08. The summed E-state index contributed by atoms with van der Waals surface area (Å²) >= 11 is 0. The summed E-state index contributed by atoms with van der Waals surface area (Å²) in [6.45, 7) is 0. The first-order valence-corrected chi connectivity index (χ1v) is 8.58. The average Bonchev–Trinajstić information content (AvgIpc) is 3.06. The van der Waals surface area contributed by atoms with Gasteiger partial charge in [0.05, 0.1) is 12.1 Å². The molecule has 0 aliphatic heterocycles. The van der Waals surface area contributed by atoms with Crippen LogP contribution < -0.4 is 0 Å². The first-order chi connectivity index (χ1) is 12.8. The van der Waals surface area contributed by atoms with Gasteiger partial charge in [0, 0.05) is 5.92 Å². The largest absolute Gasteiger partial charge is 0.197 e. The summed E-state index contributed by atoms with van der Waals surface area (Å²) in [6, 6.07) is 32.9. The number of nitrogens with zero attached hydrogens (tertiary/aromatic N) is 2. The molecule has 0 heterocycles. The fourth-order valence-electron chi connectivity index (χ4n) is 3.83. The lowest BCUT2D eigenvalue weighted by Gasteiger charge is -2.18. The minimum absolute atomic E-state index is 0.251. The second kappa shape index (κ2) is 6.71. The third-order valence-corrected chi connectivity index (χ3v) is 4.90. The number of hydrogen-bond donors (Lipinski definition) is 0. The van der Waals surface area contributed by atoms with E-state index in [1.54, 1.807) is 0 Å². The van der Waals surface area contributed by atoms with Gasteiger partial charge in [-0.05, 0) is 33.4 Å². The number of hydrogen-bond acceptors (Lipinski definition) is 2. The van der Waals surface area contributed by atoms with E-state index in [2.05, 4.69) is 42.5 Å². The number of rotatable bonds is 3. The molecule has 26 heavy (non-hydrogen) atoms. The van der Waals surface area contributed by atoms with Gasteiger partial charge in [-0.2, -0.15) is 10.5 Å². The number of nitriles is 2. The van der Waals surface area contributed by atoms with Crippen molar-refractivity contribution in [3.63, 3.8) is 0 Å². The molecule has 2 nitrogen and oxygen atoms in total. The van der Waals surface area contributed by atoms with Gasteiger partial charge in [0.15, 0.2) is 0 Å². The van der Waals surface area contributed by atoms with E-state index in [1.165, 1.54) is 0 Å². The first-order valence-electron chi connectivity index (χ1n) is 8.58. The summed E-state index contributed by atoms with van der Waals surface area (Å²) in [5, 5.41) is 19.3. The highest BCUT2D eigenvalue weighted by Crippen LogP contribution is 2.52. The van der Waals surface area contributed by atoms with Crippen molar-refractivity contribution >= 4 is 11.1 Å². The summed E-state index contributed by atoms with van der Waals surface area (Å²) in [6.07, 6.45) is 0. The molecule has 0 N–H and O–H groups in total. The van der Waals surface area contributed by atoms with Crippen LogP contribution in [0.4, 0.5) is 0 Å². The summed E-state index contributed by atoms with van der Waals surface area (Å²) in [5.41, 5.74) is 6.51. The van der Waals surface area contributed by atoms with Crippen LogP contribution in [0.5, 0.6) is 0 Å². The zero-order valence-electron chi connectivity index (χ0n) is 14.1. The van der Waals surface area contributed by atoms with Crippen LogP contribution in [0.15, 0.2) is 84.9 Å². The van der Waals surface area contributed by atoms with E-state index in [0.29, 0.717) is 0 Å². The standard InChI is InChI=1S/C24H16N2/c25-15-19(16-26)23-21-14-8-7-13-20(21)22(17-9-3-1-4-10-17)24(23)18-11-5-2-6-12-18/h1-14,19,23H. The Morgan fingerprint density at radius 3 is 1.81 bits per heavy atom. The van der Waals surface area contributed by atoms with E-state index in [4.69, 9.17) is 0 Å². The number of benzene rings is 3. The maximum absolute atomic E-state index is 9.64. The smallest absolute Gasteiger partial charge is 0.144 e. The van der Waals surface area contributed by atoms with Gasteiger partial charge >= 0.3 is 0 Å². The Bertz CT molecular complexity index is 1040. The molecule has 0 fully saturated rings. The van der Waals surface area contributed by atoms with Gasteiger partial charge < -0.3 is 0 Å². The van der Waals surface area contributed by atoms with Crippen molar-refractivity contribution < 1.29 is 0 Å². The molecular formula is C24H16N2. The topological polar surface area (TPSA) is 47.6 Å². The number of fused-ring (bicyclic) bond motifs is 1. The first kappa shape index (κ1) is 15.9. The molecule has 2 heteroatoms. The van der Waals surface area contributed by atoms with Crippen LogP contribution in [0.2, 0.25) is 0 Å². The molecule has 1 atom stereocenters. The third kappa shape index (κ3) is 2.50. The van der Waals surface area contributed by atoms with Crippen LogP contribution >= 0.6 is 0 Å². The molecule has 0 radical (unpaired) electrons. The SMILES string of the molecule is N#CC(C#N)C1C(c2ccccc2)=C(c2ccccc2)c2ccccc21. The molecule has 3 aromatic carbocycles. The quantitative estimate of drug-likeness (QED) is 0.644. The molecule has 1 aliphatic rings. The molecule has 0 saturated heterocycles. The summed E-state index contributed by atoms with van der Waals surface area (Å²) in [4.78, 5) is 0. The van der Waals surface area contributed by atoms with Crippen molar-refractivity contribution in [2.24, 2.45) is 5.92 Å². The molecule has 0 spiro atoms. The van der Waals surface area contributed by atoms with E-state index < -0.39 is 5.92 Å². The highest BCUT2D eigenvalue weighted by Gasteiger charge is 2.37. The van der Waals surface area contributed by atoms with E-state index in [-0.39, 0.29) is 5.92 Å². The fourth-order valence-corrected chi connectivity index (χ4v) is 3.83. The fraction of sp³-hybridized carbons (Fsp3) is 0.0833. The van der Waals surface area contributed by atoms with Gasteiger partial charge in [-0.25, -0.2) is 0 Å². The summed E-state index contributed by atoms with van der Waals surface area (Å²) in [5.74, 6) is -0.980. The predicted molar refractivity (Wildman–Crippen MR) is 103 cm³/mol. The highest BCUT2D eigenvalue weighted by molar-refractivity contribution is 6.06. The highest BCUT2D eigenvalue weighted by atomic mass is 14.4. The zero-order valence-corrected chi connectivity index (χ0v) is 14.1. The van der Waals surface area contributed by atoms with E-state index >= 15 is 0 Å². The predicted octanol–water partition coefficient (Wildman–Crippen LogP) is 5.41. The molecule has 0 aromatic heterocycles. The van der Waals surface area contributed by atoms with Crippen LogP contribution in [-0.2, 0) is 0 Å². The van der Waals surface area contributed by atoms with Gasteiger partial charge in [0.2, 0.25) is 0 Å². The van der Waals surface area contributed by atoms with Crippen molar-refractivity contribution in [3.05, 3.63) is 107 Å². The van der Waals surface area contributed by atoms with Crippen molar-refractivity contribution in [3.8, 4) is 12.1 Å². The lowest BCUT2D eigenvalue weighted by atomic mass is 9.81. The molecule has 1 unspecified atom stereocenters. The van der Waals surface area contributed by atoms with Crippen LogP contribution in [0.1, 0.15) is 28.2 Å². The van der Waals surface area contributed by atoms with Crippen LogP contribution in [0, 0.1) is 28.6 Å². The summed E-state index contributed by atoms with van der Waals surface area (Å²) < 4.78 is 0. The summed E-state index contributed by atoms with van der Waals surface area (Å²) in [7, 11) is 0. The van der Waals surface area contributed by atoms with Crippen molar-refractivity contribution in [2.75, 3.05) is 0 Å². The van der Waals surface area contributed by atoms with E-state index in [9.17, 15) is 10.5 Å². The Labute approximate surface area is 153 Å². The normalized spacial score (nSPS) is 15.4. The molecule has 1 aliphatic carbocycles. The van der Waals surface area contributed by atoms with Crippen molar-refractivity contribution in [1.29, 1.82) is 10.5 Å². The maximum atomic E-state index is 9.64. The minimum atomic E-state index is -0.729. The molecule has 3 aromatic rings. The second-order valence-electron chi connectivity index (χ2n) is 6.32. The third-order valence-electron chi connectivity index (χ3n) is 4.90. The number of allylic oxidation sites excluding steroid dienone is 1. The van der Waals surface area contributed by atoms with Gasteiger partial charge in [-0.15, -0.1) is 0 Å². The van der Waals surface area contributed by atoms with Gasteiger partial charge in [0.1, 0.15) is 5.92 Å². The van der Waals surface area contributed by atoms with Crippen LogP contribution in [0.25, 0.3) is 11.1 Å². The molecule has 0 saturated carbocycles. The van der Waals surface area contributed by atoms with Gasteiger partial charge in [-0.1, -0.05) is 84.9 Å². The zero-order chi connectivity index (χ0) is 17.9. The Morgan fingerprint density at radius 1 is 0.654 bits per heavy atom. The Hall–Kier alpha value is -3.62. The monoisotopic (exact) mass is 332 g/mol. The lowest BCUT2D eigenvalue weighted by Crippen LogP contribution is -2.09. The Morgan fingerprint density at radius 2 is 1.19 bits per heavy atom. The van der Waals surface area contributed by atoms with Crippen LogP contribution in [-0.4, -0.2) is 0 Å². The molecule has 0 amide bonds. The van der Waals surface area contributed by atoms with E-state index in [1.807, 2.05) is 54.6 Å². The van der Waals surface area contributed by atoms with E-state index in [0.717, 1.165) is 33.4 Å². The van der Waals surface area contributed by atoms with Gasteiger partial charge in [0.25, 0.3) is 0 Å². The minimum Gasteiger partial charge on any atom is -0.197 e. The van der Waals surface area contributed by atoms with Crippen LogP contribution in [0.3, 0.4) is 0 Å². The molecule has 0 bridgehead atoms. The Kier molecular flexibility index (Phi) is 4.10. The average molecular weight is 332 g/mol. The van der Waals surface area contributed by atoms with Crippen molar-refractivity contribution in [1.82, 2.24) is 0 Å². The second-order valence-corrected chi connectivity index (χ2v) is 6.32. The molecular weight excluding hydrogens is 316 g/mol.